The third kappa shape index (κ3) is 3.53. The van der Waals surface area contributed by atoms with E-state index in [1.165, 1.54) is 10.6 Å². The molecule has 0 radical (unpaired) electrons. The van der Waals surface area contributed by atoms with Gasteiger partial charge in [-0.1, -0.05) is 40.2 Å². The summed E-state index contributed by atoms with van der Waals surface area (Å²) in [7, 11) is -1.60. The number of hydrogen-bond donors (Lipinski definition) is 1. The van der Waals surface area contributed by atoms with Gasteiger partial charge in [-0.15, -0.1) is 0 Å². The van der Waals surface area contributed by atoms with Crippen LogP contribution in [-0.4, -0.2) is 49.9 Å². The van der Waals surface area contributed by atoms with Crippen molar-refractivity contribution in [2.24, 2.45) is 0 Å². The Morgan fingerprint density at radius 3 is 2.52 bits per heavy atom. The van der Waals surface area contributed by atoms with Gasteiger partial charge in [0.05, 0.1) is 25.1 Å². The molecule has 31 heavy (non-hydrogen) atoms. The van der Waals surface area contributed by atoms with Crippen molar-refractivity contribution in [1.82, 2.24) is 14.7 Å². The van der Waals surface area contributed by atoms with Gasteiger partial charge in [-0.3, -0.25) is 0 Å². The van der Waals surface area contributed by atoms with Crippen LogP contribution in [0.25, 0.3) is 5.70 Å². The minimum atomic E-state index is -3.24. The Labute approximate surface area is 190 Å². The van der Waals surface area contributed by atoms with Crippen LogP contribution in [0.5, 0.6) is 11.5 Å². The second kappa shape index (κ2) is 7.51. The number of fused-ring (bicyclic) bond motifs is 4. The lowest BCUT2D eigenvalue weighted by atomic mass is 9.93. The second-order valence-corrected chi connectivity index (χ2v) is 11.0. The van der Waals surface area contributed by atoms with Crippen molar-refractivity contribution in [2.75, 3.05) is 26.5 Å². The summed E-state index contributed by atoms with van der Waals surface area (Å²) in [5, 5.41) is 2.14. The first-order chi connectivity index (χ1) is 14.8. The summed E-state index contributed by atoms with van der Waals surface area (Å²) in [6.07, 6.45) is 4.55. The van der Waals surface area contributed by atoms with E-state index in [1.54, 1.807) is 7.11 Å². The normalized spacial score (nSPS) is 22.8. The summed E-state index contributed by atoms with van der Waals surface area (Å²) in [5.74, 6) is 1.42. The summed E-state index contributed by atoms with van der Waals surface area (Å²) in [4.78, 5) is 0. The van der Waals surface area contributed by atoms with Crippen LogP contribution in [-0.2, 0) is 10.0 Å². The van der Waals surface area contributed by atoms with E-state index in [2.05, 4.69) is 50.6 Å². The average Bonchev–Trinajstić information content (AvgIpc) is 3.20. The number of benzene rings is 2. The van der Waals surface area contributed by atoms with Gasteiger partial charge in [-0.25, -0.2) is 12.7 Å². The molecule has 9 heteroatoms. The van der Waals surface area contributed by atoms with Gasteiger partial charge in [-0.2, -0.15) is 5.01 Å². The topological polar surface area (TPSA) is 71.1 Å². The van der Waals surface area contributed by atoms with Crippen LogP contribution in [0.15, 0.2) is 53.0 Å². The molecular weight excluding hydrogens is 482 g/mol. The smallest absolute Gasteiger partial charge is 0.211 e. The summed E-state index contributed by atoms with van der Waals surface area (Å²) in [6.45, 7) is 0.809. The molecule has 1 saturated heterocycles. The van der Waals surface area contributed by atoms with Gasteiger partial charge < -0.3 is 14.9 Å². The van der Waals surface area contributed by atoms with Gasteiger partial charge in [0.2, 0.25) is 10.0 Å². The molecule has 2 aromatic rings. The highest BCUT2D eigenvalue weighted by Crippen LogP contribution is 2.51. The quantitative estimate of drug-likeness (QED) is 0.688. The van der Waals surface area contributed by atoms with E-state index in [0.717, 1.165) is 27.0 Å². The fourth-order valence-electron chi connectivity index (χ4n) is 4.63. The molecule has 1 spiro atoms. The van der Waals surface area contributed by atoms with Crippen molar-refractivity contribution in [3.8, 4) is 11.5 Å². The lowest BCUT2D eigenvalue weighted by molar-refractivity contribution is -0.154. The fourth-order valence-corrected chi connectivity index (χ4v) is 5.74. The Balaban J connectivity index is 1.56. The Morgan fingerprint density at radius 2 is 1.87 bits per heavy atom. The van der Waals surface area contributed by atoms with E-state index >= 15 is 0 Å². The molecule has 0 amide bonds. The number of piperidine rings is 1. The number of methoxy groups -OCH3 is 1. The molecule has 0 unspecified atom stereocenters. The van der Waals surface area contributed by atoms with Crippen molar-refractivity contribution in [3.63, 3.8) is 0 Å². The predicted octanol–water partition coefficient (Wildman–Crippen LogP) is 3.50. The van der Waals surface area contributed by atoms with Gasteiger partial charge in [0.1, 0.15) is 0 Å². The largest absolute Gasteiger partial charge is 0.493 e. The Morgan fingerprint density at radius 1 is 1.16 bits per heavy atom. The summed E-state index contributed by atoms with van der Waals surface area (Å²) < 4.78 is 38.9. The molecule has 0 aliphatic carbocycles. The first kappa shape index (κ1) is 20.8. The number of hydrazine groups is 1. The maximum Gasteiger partial charge on any atom is 0.211 e. The van der Waals surface area contributed by atoms with Crippen LogP contribution in [0.3, 0.4) is 0 Å². The third-order valence-electron chi connectivity index (χ3n) is 6.25. The van der Waals surface area contributed by atoms with E-state index in [1.807, 2.05) is 24.3 Å². The number of ether oxygens (including phenoxy) is 2. The molecule has 3 aliphatic rings. The molecule has 0 aromatic heterocycles. The van der Waals surface area contributed by atoms with Gasteiger partial charge in [0.25, 0.3) is 0 Å². The predicted molar refractivity (Wildman–Crippen MR) is 122 cm³/mol. The minimum absolute atomic E-state index is 0.0534. The average molecular weight is 506 g/mol. The highest BCUT2D eigenvalue weighted by molar-refractivity contribution is 9.10. The third-order valence-corrected chi connectivity index (χ3v) is 8.08. The molecule has 1 N–H and O–H groups in total. The van der Waals surface area contributed by atoms with Gasteiger partial charge >= 0.3 is 0 Å². The molecule has 3 aliphatic heterocycles. The van der Waals surface area contributed by atoms with Crippen LogP contribution in [0.4, 0.5) is 0 Å². The van der Waals surface area contributed by atoms with Crippen molar-refractivity contribution in [1.29, 1.82) is 0 Å². The summed E-state index contributed by atoms with van der Waals surface area (Å²) in [5.41, 5.74) is 5.99. The Kier molecular flexibility index (Phi) is 5.04. The van der Waals surface area contributed by atoms with Crippen LogP contribution >= 0.6 is 15.9 Å². The molecule has 3 heterocycles. The zero-order chi connectivity index (χ0) is 21.8. The van der Waals surface area contributed by atoms with Gasteiger partial charge in [0, 0.05) is 36.0 Å². The molecule has 1 fully saturated rings. The van der Waals surface area contributed by atoms with E-state index in [4.69, 9.17) is 9.47 Å². The van der Waals surface area contributed by atoms with E-state index < -0.39 is 15.7 Å². The lowest BCUT2D eigenvalue weighted by Gasteiger charge is -2.51. The Hall–Kier alpha value is -2.07. The highest BCUT2D eigenvalue weighted by Gasteiger charge is 2.53. The van der Waals surface area contributed by atoms with E-state index in [0.29, 0.717) is 31.7 Å². The van der Waals surface area contributed by atoms with Crippen molar-refractivity contribution >= 4 is 31.7 Å². The lowest BCUT2D eigenvalue weighted by Crippen LogP contribution is -2.64. The number of para-hydroxylation sites is 1. The highest BCUT2D eigenvalue weighted by atomic mass is 79.9. The SMILES string of the molecule is COc1cccc2c1OC1(CCN(S(C)(=O)=O)CC1)N1NC(c3ccc(Br)cc3)=C[C@H]21. The Bertz CT molecular complexity index is 1140. The van der Waals surface area contributed by atoms with Gasteiger partial charge in [0.15, 0.2) is 17.2 Å². The molecule has 164 valence electrons. The van der Waals surface area contributed by atoms with Crippen LogP contribution < -0.4 is 14.9 Å². The molecule has 2 aromatic carbocycles. The van der Waals surface area contributed by atoms with Crippen LogP contribution in [0, 0.1) is 0 Å². The molecule has 7 nitrogen and oxygen atoms in total. The maximum absolute atomic E-state index is 12.1. The van der Waals surface area contributed by atoms with E-state index in [9.17, 15) is 8.42 Å². The van der Waals surface area contributed by atoms with Crippen LogP contribution in [0.1, 0.15) is 30.0 Å². The number of halogens is 1. The number of nitrogens with one attached hydrogen (secondary N) is 1. The second-order valence-electron chi connectivity index (χ2n) is 8.10. The van der Waals surface area contributed by atoms with E-state index in [-0.39, 0.29) is 6.04 Å². The molecule has 0 saturated carbocycles. The fraction of sp³-hybridized carbons (Fsp3) is 0.364. The molecule has 5 rings (SSSR count). The first-order valence-corrected chi connectivity index (χ1v) is 12.8. The van der Waals surface area contributed by atoms with Crippen molar-refractivity contribution in [3.05, 3.63) is 64.1 Å². The van der Waals surface area contributed by atoms with Crippen molar-refractivity contribution in [2.45, 2.75) is 24.6 Å². The van der Waals surface area contributed by atoms with Gasteiger partial charge in [-0.05, 0) is 29.8 Å². The molecule has 0 bridgehead atoms. The first-order valence-electron chi connectivity index (χ1n) is 10.2. The number of hydrogen-bond acceptors (Lipinski definition) is 6. The molecular formula is C22H24BrN3O4S. The van der Waals surface area contributed by atoms with Crippen LogP contribution in [0.2, 0.25) is 0 Å². The van der Waals surface area contributed by atoms with Crippen molar-refractivity contribution < 1.29 is 17.9 Å². The number of nitrogens with zero attached hydrogens (tertiary/aromatic N) is 2. The summed E-state index contributed by atoms with van der Waals surface area (Å²) >= 11 is 3.49. The number of rotatable bonds is 3. The maximum atomic E-state index is 12.1. The zero-order valence-electron chi connectivity index (χ0n) is 17.3. The number of sulfonamides is 1. The minimum Gasteiger partial charge on any atom is -0.493 e. The zero-order valence-corrected chi connectivity index (χ0v) is 19.7. The monoisotopic (exact) mass is 505 g/mol. The molecule has 1 atom stereocenters. The summed E-state index contributed by atoms with van der Waals surface area (Å²) in [6, 6.07) is 14.0. The standard InChI is InChI=1S/C22H24BrN3O4S/c1-29-20-5-3-4-17-19-14-18(15-6-8-16(23)9-7-15)24-26(19)22(30-21(17)20)10-12-25(13-11-22)31(2,27)28/h3-9,14,19,24H,10-13H2,1-2H3/t19-/m1/s1.